The third-order valence-electron chi connectivity index (χ3n) is 4.12. The van der Waals surface area contributed by atoms with Crippen molar-refractivity contribution in [2.24, 2.45) is 0 Å². The van der Waals surface area contributed by atoms with E-state index in [-0.39, 0.29) is 5.79 Å². The van der Waals surface area contributed by atoms with Crippen LogP contribution in [-0.4, -0.2) is 53.3 Å². The topological polar surface area (TPSA) is 72.4 Å². The first-order chi connectivity index (χ1) is 9.83. The fourth-order valence-electron chi connectivity index (χ4n) is 2.78. The van der Waals surface area contributed by atoms with Gasteiger partial charge >= 0.3 is 0 Å². The minimum absolute atomic E-state index is 0.341. The molecule has 7 nitrogen and oxygen atoms in total. The summed E-state index contributed by atoms with van der Waals surface area (Å²) in [5.74, 6) is 1.18. The van der Waals surface area contributed by atoms with Gasteiger partial charge in [0, 0.05) is 32.0 Å². The Morgan fingerprint density at radius 2 is 1.95 bits per heavy atom. The number of nitrogens with zero attached hydrogens (tertiary/aromatic N) is 4. The van der Waals surface area contributed by atoms with Crippen molar-refractivity contribution in [1.29, 1.82) is 0 Å². The highest BCUT2D eigenvalue weighted by Gasteiger charge is 2.40. The zero-order chi connectivity index (χ0) is 13.4. The van der Waals surface area contributed by atoms with Gasteiger partial charge in [-0.3, -0.25) is 0 Å². The molecule has 1 spiro atoms. The van der Waals surface area contributed by atoms with Crippen LogP contribution in [0.1, 0.15) is 25.7 Å². The Hall–Kier alpha value is -1.47. The smallest absolute Gasteiger partial charge is 0.244 e. The lowest BCUT2D eigenvalue weighted by Gasteiger charge is -2.37. The number of piperidine rings is 1. The second-order valence-corrected chi connectivity index (χ2v) is 5.65. The molecule has 1 N–H and O–H groups in total. The van der Waals surface area contributed by atoms with Crippen molar-refractivity contribution in [3.8, 4) is 0 Å². The molecule has 3 aliphatic rings. The Morgan fingerprint density at radius 1 is 1.20 bits per heavy atom. The minimum Gasteiger partial charge on any atom is -0.355 e. The van der Waals surface area contributed by atoms with Crippen LogP contribution in [0.4, 0.5) is 11.8 Å². The van der Waals surface area contributed by atoms with Gasteiger partial charge in [-0.2, -0.15) is 10.1 Å². The van der Waals surface area contributed by atoms with Crippen molar-refractivity contribution in [1.82, 2.24) is 15.2 Å². The number of ether oxygens (including phenoxy) is 2. The lowest BCUT2D eigenvalue weighted by Crippen LogP contribution is -2.45. The molecule has 1 aliphatic carbocycles. The van der Waals surface area contributed by atoms with Crippen LogP contribution in [0.2, 0.25) is 0 Å². The van der Waals surface area contributed by atoms with Gasteiger partial charge in [0.15, 0.2) is 11.6 Å². The van der Waals surface area contributed by atoms with Crippen molar-refractivity contribution >= 4 is 11.8 Å². The SMILES string of the molecule is c1nnc(NC2CC2)nc1N1CCC2(CC1)OCCO2. The molecule has 0 unspecified atom stereocenters. The van der Waals surface area contributed by atoms with E-state index in [4.69, 9.17) is 9.47 Å². The van der Waals surface area contributed by atoms with E-state index < -0.39 is 0 Å². The van der Waals surface area contributed by atoms with Gasteiger partial charge < -0.3 is 19.7 Å². The highest BCUT2D eigenvalue weighted by molar-refractivity contribution is 5.41. The van der Waals surface area contributed by atoms with Gasteiger partial charge in [0.2, 0.25) is 5.95 Å². The molecule has 7 heteroatoms. The van der Waals surface area contributed by atoms with Gasteiger partial charge in [-0.25, -0.2) is 0 Å². The van der Waals surface area contributed by atoms with Gasteiger partial charge in [-0.1, -0.05) is 0 Å². The summed E-state index contributed by atoms with van der Waals surface area (Å²) in [4.78, 5) is 6.78. The molecule has 3 fully saturated rings. The summed E-state index contributed by atoms with van der Waals surface area (Å²) in [5.41, 5.74) is 0. The Morgan fingerprint density at radius 3 is 2.65 bits per heavy atom. The van der Waals surface area contributed by atoms with Crippen LogP contribution in [0.5, 0.6) is 0 Å². The number of hydrogen-bond donors (Lipinski definition) is 1. The summed E-state index contributed by atoms with van der Waals surface area (Å²) in [6.45, 7) is 3.18. The van der Waals surface area contributed by atoms with Crippen molar-refractivity contribution in [2.75, 3.05) is 36.5 Å². The summed E-state index contributed by atoms with van der Waals surface area (Å²) in [6.07, 6.45) is 5.89. The molecule has 0 radical (unpaired) electrons. The summed E-state index contributed by atoms with van der Waals surface area (Å²) in [6, 6.07) is 0.539. The van der Waals surface area contributed by atoms with E-state index in [1.54, 1.807) is 6.20 Å². The van der Waals surface area contributed by atoms with Crippen LogP contribution in [0.25, 0.3) is 0 Å². The molecule has 20 heavy (non-hydrogen) atoms. The predicted molar refractivity (Wildman–Crippen MR) is 72.6 cm³/mol. The lowest BCUT2D eigenvalue weighted by molar-refractivity contribution is -0.169. The van der Waals surface area contributed by atoms with Crippen LogP contribution in [0.15, 0.2) is 6.20 Å². The molecule has 108 valence electrons. The fraction of sp³-hybridized carbons (Fsp3) is 0.769. The van der Waals surface area contributed by atoms with Crippen LogP contribution >= 0.6 is 0 Å². The first-order valence-corrected chi connectivity index (χ1v) is 7.32. The van der Waals surface area contributed by atoms with E-state index in [2.05, 4.69) is 25.4 Å². The molecule has 1 aromatic heterocycles. The highest BCUT2D eigenvalue weighted by Crippen LogP contribution is 2.32. The maximum atomic E-state index is 5.74. The molecule has 1 saturated carbocycles. The highest BCUT2D eigenvalue weighted by atomic mass is 16.7. The summed E-state index contributed by atoms with van der Waals surface area (Å²) in [5, 5.41) is 11.4. The maximum Gasteiger partial charge on any atom is 0.244 e. The van der Waals surface area contributed by atoms with Gasteiger partial charge in [0.25, 0.3) is 0 Å². The van der Waals surface area contributed by atoms with Crippen LogP contribution < -0.4 is 10.2 Å². The monoisotopic (exact) mass is 277 g/mol. The van der Waals surface area contributed by atoms with E-state index >= 15 is 0 Å². The average molecular weight is 277 g/mol. The number of hydrogen-bond acceptors (Lipinski definition) is 7. The van der Waals surface area contributed by atoms with E-state index in [9.17, 15) is 0 Å². The number of aromatic nitrogens is 3. The molecule has 2 aliphatic heterocycles. The van der Waals surface area contributed by atoms with Gasteiger partial charge in [0.05, 0.1) is 19.4 Å². The largest absolute Gasteiger partial charge is 0.355 e. The zero-order valence-corrected chi connectivity index (χ0v) is 11.4. The molecule has 4 rings (SSSR count). The summed E-state index contributed by atoms with van der Waals surface area (Å²) >= 11 is 0. The van der Waals surface area contributed by atoms with Crippen molar-refractivity contribution in [3.05, 3.63) is 6.20 Å². The molecule has 1 aromatic rings. The van der Waals surface area contributed by atoms with Crippen LogP contribution in [0.3, 0.4) is 0 Å². The Bertz CT molecular complexity index is 477. The molecule has 0 amide bonds. The summed E-state index contributed by atoms with van der Waals surface area (Å²) < 4.78 is 11.5. The molecular weight excluding hydrogens is 258 g/mol. The van der Waals surface area contributed by atoms with Crippen LogP contribution in [0, 0.1) is 0 Å². The normalized spacial score (nSPS) is 25.1. The fourth-order valence-corrected chi connectivity index (χ4v) is 2.78. The molecule has 2 saturated heterocycles. The Kier molecular flexibility index (Phi) is 2.96. The first kappa shape index (κ1) is 12.3. The number of anilines is 2. The summed E-state index contributed by atoms with van der Waals surface area (Å²) in [7, 11) is 0. The molecule has 0 atom stereocenters. The van der Waals surface area contributed by atoms with E-state index in [0.717, 1.165) is 31.7 Å². The van der Waals surface area contributed by atoms with Crippen molar-refractivity contribution in [3.63, 3.8) is 0 Å². The van der Waals surface area contributed by atoms with Gasteiger partial charge in [0.1, 0.15) is 0 Å². The first-order valence-electron chi connectivity index (χ1n) is 7.32. The maximum absolute atomic E-state index is 5.74. The minimum atomic E-state index is -0.341. The number of nitrogens with one attached hydrogen (secondary N) is 1. The average Bonchev–Trinajstić information content (AvgIpc) is 3.18. The third-order valence-corrected chi connectivity index (χ3v) is 4.12. The van der Waals surface area contributed by atoms with E-state index in [1.165, 1.54) is 12.8 Å². The standard InChI is InChI=1S/C13H19N5O2/c1-2-10(1)15-12-16-11(9-14-17-12)18-5-3-13(4-6-18)19-7-8-20-13/h9-10H,1-8H2,(H,15,16,17). The Balaban J connectivity index is 1.42. The second-order valence-electron chi connectivity index (χ2n) is 5.65. The van der Waals surface area contributed by atoms with Gasteiger partial charge in [-0.05, 0) is 12.8 Å². The van der Waals surface area contributed by atoms with E-state index in [1.807, 2.05) is 0 Å². The molecule has 0 bridgehead atoms. The predicted octanol–water partition coefficient (Wildman–Crippen LogP) is 0.789. The van der Waals surface area contributed by atoms with Gasteiger partial charge in [-0.15, -0.1) is 5.10 Å². The lowest BCUT2D eigenvalue weighted by atomic mass is 10.0. The quantitative estimate of drug-likeness (QED) is 0.875. The zero-order valence-electron chi connectivity index (χ0n) is 11.4. The molecule has 3 heterocycles. The third kappa shape index (κ3) is 2.43. The Labute approximate surface area is 117 Å². The van der Waals surface area contributed by atoms with E-state index in [0.29, 0.717) is 25.2 Å². The van der Waals surface area contributed by atoms with Crippen LogP contribution in [-0.2, 0) is 9.47 Å². The van der Waals surface area contributed by atoms with Crippen molar-refractivity contribution < 1.29 is 9.47 Å². The molecular formula is C13H19N5O2. The van der Waals surface area contributed by atoms with Crippen molar-refractivity contribution in [2.45, 2.75) is 37.5 Å². The number of rotatable bonds is 3. The molecule has 0 aromatic carbocycles. The second kappa shape index (κ2) is 4.82.